The molecule has 0 bridgehead atoms. The van der Waals surface area contributed by atoms with Gasteiger partial charge >= 0.3 is 5.63 Å². The van der Waals surface area contributed by atoms with Crippen LogP contribution in [0.15, 0.2) is 57.9 Å². The van der Waals surface area contributed by atoms with Gasteiger partial charge in [-0.25, -0.2) is 4.79 Å². The molecule has 0 spiro atoms. The normalized spacial score (nSPS) is 9.88. The van der Waals surface area contributed by atoms with Crippen LogP contribution in [0.25, 0.3) is 0 Å². The lowest BCUT2D eigenvalue weighted by molar-refractivity contribution is 0.0918. The number of rotatable bonds is 4. The zero-order valence-electron chi connectivity index (χ0n) is 8.96. The van der Waals surface area contributed by atoms with Crippen LogP contribution >= 0.6 is 0 Å². The Bertz CT molecular complexity index is 557. The van der Waals surface area contributed by atoms with Crippen LogP contribution in [-0.4, -0.2) is 12.4 Å². The van der Waals surface area contributed by atoms with Crippen LogP contribution in [0.2, 0.25) is 0 Å². The summed E-state index contributed by atoms with van der Waals surface area (Å²) in [5.41, 5.74) is -0.0406. The third-order valence-electron chi connectivity index (χ3n) is 2.16. The van der Waals surface area contributed by atoms with Gasteiger partial charge in [0.15, 0.2) is 12.4 Å². The molecule has 17 heavy (non-hydrogen) atoms. The topological polar surface area (TPSA) is 56.5 Å². The number of benzene rings is 1. The van der Waals surface area contributed by atoms with Crippen LogP contribution in [0.4, 0.5) is 0 Å². The van der Waals surface area contributed by atoms with Gasteiger partial charge in [0, 0.05) is 5.56 Å². The smallest absolute Gasteiger partial charge is 0.378 e. The molecule has 2 rings (SSSR count). The SMILES string of the molecule is O=C(COc1cccoc1=O)c1ccccc1. The monoisotopic (exact) mass is 230 g/mol. The Morgan fingerprint density at radius 3 is 2.59 bits per heavy atom. The molecule has 0 unspecified atom stereocenters. The number of hydrogen-bond acceptors (Lipinski definition) is 4. The maximum atomic E-state index is 11.7. The number of carbonyl (C=O) groups excluding carboxylic acids is 1. The number of carbonyl (C=O) groups is 1. The van der Waals surface area contributed by atoms with E-state index in [1.807, 2.05) is 6.07 Å². The van der Waals surface area contributed by atoms with Crippen LogP contribution in [0.5, 0.6) is 5.75 Å². The second-order valence-corrected chi connectivity index (χ2v) is 3.34. The molecule has 1 aromatic heterocycles. The number of ether oxygens (including phenoxy) is 1. The Hall–Kier alpha value is -2.36. The van der Waals surface area contributed by atoms with Crippen molar-refractivity contribution in [2.75, 3.05) is 6.61 Å². The van der Waals surface area contributed by atoms with E-state index in [-0.39, 0.29) is 18.1 Å². The van der Waals surface area contributed by atoms with E-state index in [1.165, 1.54) is 18.4 Å². The van der Waals surface area contributed by atoms with E-state index in [0.717, 1.165) is 0 Å². The Kier molecular flexibility index (Phi) is 3.35. The first kappa shape index (κ1) is 11.1. The zero-order chi connectivity index (χ0) is 12.1. The molecule has 0 aliphatic carbocycles. The van der Waals surface area contributed by atoms with Crippen LogP contribution in [0.1, 0.15) is 10.4 Å². The average molecular weight is 230 g/mol. The van der Waals surface area contributed by atoms with Crippen molar-refractivity contribution in [3.63, 3.8) is 0 Å². The molecule has 1 aromatic carbocycles. The van der Waals surface area contributed by atoms with Gasteiger partial charge in [-0.2, -0.15) is 0 Å². The van der Waals surface area contributed by atoms with Gasteiger partial charge in [-0.1, -0.05) is 30.3 Å². The van der Waals surface area contributed by atoms with Gasteiger partial charge < -0.3 is 9.15 Å². The third kappa shape index (κ3) is 2.81. The van der Waals surface area contributed by atoms with Crippen molar-refractivity contribution in [3.05, 3.63) is 64.7 Å². The quantitative estimate of drug-likeness (QED) is 0.753. The summed E-state index contributed by atoms with van der Waals surface area (Å²) in [6, 6.07) is 11.7. The highest BCUT2D eigenvalue weighted by molar-refractivity contribution is 5.97. The fourth-order valence-electron chi connectivity index (χ4n) is 1.31. The summed E-state index contributed by atoms with van der Waals surface area (Å²) >= 11 is 0. The van der Waals surface area contributed by atoms with Gasteiger partial charge in [0.05, 0.1) is 6.26 Å². The largest absolute Gasteiger partial charge is 0.478 e. The first-order chi connectivity index (χ1) is 8.27. The van der Waals surface area contributed by atoms with E-state index >= 15 is 0 Å². The molecule has 0 amide bonds. The average Bonchev–Trinajstić information content (AvgIpc) is 2.38. The number of ketones is 1. The second kappa shape index (κ2) is 5.12. The summed E-state index contributed by atoms with van der Waals surface area (Å²) in [6.07, 6.45) is 1.26. The lowest BCUT2D eigenvalue weighted by atomic mass is 10.1. The molecule has 4 heteroatoms. The maximum absolute atomic E-state index is 11.7. The predicted octanol–water partition coefficient (Wildman–Crippen LogP) is 1.90. The van der Waals surface area contributed by atoms with E-state index in [1.54, 1.807) is 24.3 Å². The predicted molar refractivity (Wildman–Crippen MR) is 61.2 cm³/mol. The minimum atomic E-state index is -0.589. The van der Waals surface area contributed by atoms with Gasteiger partial charge in [0.2, 0.25) is 5.75 Å². The minimum absolute atomic E-state index is 0.0387. The number of hydrogen-bond donors (Lipinski definition) is 0. The Labute approximate surface area is 97.5 Å². The van der Waals surface area contributed by atoms with Crippen molar-refractivity contribution in [2.45, 2.75) is 0 Å². The van der Waals surface area contributed by atoms with Gasteiger partial charge in [0.25, 0.3) is 0 Å². The fourth-order valence-corrected chi connectivity index (χ4v) is 1.31. The molecule has 1 heterocycles. The Morgan fingerprint density at radius 2 is 1.88 bits per heavy atom. The minimum Gasteiger partial charge on any atom is -0.478 e. The molecule has 0 N–H and O–H groups in total. The molecule has 0 fully saturated rings. The van der Waals surface area contributed by atoms with E-state index < -0.39 is 5.63 Å². The van der Waals surface area contributed by atoms with Crippen molar-refractivity contribution < 1.29 is 13.9 Å². The summed E-state index contributed by atoms with van der Waals surface area (Å²) in [7, 11) is 0. The first-order valence-corrected chi connectivity index (χ1v) is 5.06. The Balaban J connectivity index is 2.02. The molecule has 0 radical (unpaired) electrons. The van der Waals surface area contributed by atoms with Crippen molar-refractivity contribution >= 4 is 5.78 Å². The highest BCUT2D eigenvalue weighted by atomic mass is 16.5. The molecule has 0 saturated heterocycles. The molecule has 2 aromatic rings. The van der Waals surface area contributed by atoms with Crippen LogP contribution in [-0.2, 0) is 0 Å². The van der Waals surface area contributed by atoms with Crippen LogP contribution in [0, 0.1) is 0 Å². The van der Waals surface area contributed by atoms with Gasteiger partial charge in [0.1, 0.15) is 0 Å². The van der Waals surface area contributed by atoms with E-state index in [4.69, 9.17) is 4.74 Å². The molecule has 4 nitrogen and oxygen atoms in total. The zero-order valence-corrected chi connectivity index (χ0v) is 8.96. The third-order valence-corrected chi connectivity index (χ3v) is 2.16. The van der Waals surface area contributed by atoms with Crippen molar-refractivity contribution in [1.82, 2.24) is 0 Å². The van der Waals surface area contributed by atoms with Gasteiger partial charge in [-0.15, -0.1) is 0 Å². The standard InChI is InChI=1S/C13H10O4/c14-11(10-5-2-1-3-6-10)9-17-12-7-4-8-16-13(12)15/h1-8H,9H2. The van der Waals surface area contributed by atoms with E-state index in [2.05, 4.69) is 4.42 Å². The highest BCUT2D eigenvalue weighted by Gasteiger charge is 2.07. The summed E-state index contributed by atoms with van der Waals surface area (Å²) in [6.45, 7) is -0.182. The molecule has 86 valence electrons. The summed E-state index contributed by atoms with van der Waals surface area (Å²) in [5.74, 6) is -0.148. The Morgan fingerprint density at radius 1 is 1.12 bits per heavy atom. The summed E-state index contributed by atoms with van der Waals surface area (Å²) in [5, 5.41) is 0. The maximum Gasteiger partial charge on any atom is 0.378 e. The molecular formula is C13H10O4. The van der Waals surface area contributed by atoms with Gasteiger partial charge in [-0.05, 0) is 12.1 Å². The molecule has 0 atom stereocenters. The lowest BCUT2D eigenvalue weighted by Gasteiger charge is -2.03. The molecular weight excluding hydrogens is 220 g/mol. The molecule has 0 aliphatic heterocycles. The summed E-state index contributed by atoms with van der Waals surface area (Å²) in [4.78, 5) is 22.8. The molecule has 0 aliphatic rings. The first-order valence-electron chi connectivity index (χ1n) is 5.06. The second-order valence-electron chi connectivity index (χ2n) is 3.34. The molecule has 0 saturated carbocycles. The van der Waals surface area contributed by atoms with E-state index in [0.29, 0.717) is 5.56 Å². The van der Waals surface area contributed by atoms with Crippen LogP contribution in [0.3, 0.4) is 0 Å². The van der Waals surface area contributed by atoms with Crippen molar-refractivity contribution in [3.8, 4) is 5.75 Å². The highest BCUT2D eigenvalue weighted by Crippen LogP contribution is 2.04. The van der Waals surface area contributed by atoms with Crippen LogP contribution < -0.4 is 10.4 Å². The van der Waals surface area contributed by atoms with Gasteiger partial charge in [-0.3, -0.25) is 4.79 Å². The van der Waals surface area contributed by atoms with Crippen molar-refractivity contribution in [1.29, 1.82) is 0 Å². The van der Waals surface area contributed by atoms with Crippen molar-refractivity contribution in [2.24, 2.45) is 0 Å². The fraction of sp³-hybridized carbons (Fsp3) is 0.0769. The lowest BCUT2D eigenvalue weighted by Crippen LogP contribution is -2.15. The summed E-state index contributed by atoms with van der Waals surface area (Å²) < 4.78 is 9.70. The van der Waals surface area contributed by atoms with E-state index in [9.17, 15) is 9.59 Å². The number of Topliss-reactive ketones (excluding diaryl/α,β-unsaturated/α-hetero) is 1.